The van der Waals surface area contributed by atoms with Crippen molar-refractivity contribution in [3.63, 3.8) is 0 Å². The number of hydrogen-bond acceptors (Lipinski definition) is 3. The van der Waals surface area contributed by atoms with Crippen molar-refractivity contribution in [2.75, 3.05) is 10.6 Å². The number of carboxylic acid groups (broad SMARTS) is 1. The summed E-state index contributed by atoms with van der Waals surface area (Å²) in [5.41, 5.74) is 2.58. The first-order valence-corrected chi connectivity index (χ1v) is 10.7. The van der Waals surface area contributed by atoms with Crippen molar-refractivity contribution < 1.29 is 14.7 Å². The standard InChI is InChI=1S/C26H26N4O3/c1-26(2,3)22-16-23(30(29-22)19-11-6-8-17(14-19)15-24(31)32)28-25(33)27-21-13-7-10-18-9-4-5-12-20(18)21/h4-14,16H,15H2,1-3H3,(H,31,32)(H2,27,28,33). The minimum atomic E-state index is -0.907. The van der Waals surface area contributed by atoms with Crippen molar-refractivity contribution in [2.24, 2.45) is 0 Å². The number of aromatic nitrogens is 2. The van der Waals surface area contributed by atoms with Gasteiger partial charge in [-0.2, -0.15) is 5.10 Å². The molecule has 0 atom stereocenters. The number of benzene rings is 3. The van der Waals surface area contributed by atoms with Crippen LogP contribution in [0.4, 0.5) is 16.3 Å². The Morgan fingerprint density at radius 2 is 1.67 bits per heavy atom. The number of nitrogens with one attached hydrogen (secondary N) is 2. The molecule has 3 N–H and O–H groups in total. The first-order valence-electron chi connectivity index (χ1n) is 10.7. The zero-order valence-electron chi connectivity index (χ0n) is 18.8. The van der Waals surface area contributed by atoms with Crippen molar-refractivity contribution in [3.8, 4) is 5.69 Å². The molecule has 3 aromatic carbocycles. The number of nitrogens with zero attached hydrogens (tertiary/aromatic N) is 2. The van der Waals surface area contributed by atoms with Crippen LogP contribution in [-0.2, 0) is 16.6 Å². The number of carbonyl (C=O) groups excluding carboxylic acids is 1. The minimum absolute atomic E-state index is 0.0917. The van der Waals surface area contributed by atoms with Gasteiger partial charge < -0.3 is 10.4 Å². The second kappa shape index (κ2) is 8.78. The number of hydrogen-bond donors (Lipinski definition) is 3. The zero-order valence-corrected chi connectivity index (χ0v) is 18.8. The molecule has 0 fully saturated rings. The third-order valence-corrected chi connectivity index (χ3v) is 5.27. The second-order valence-electron chi connectivity index (χ2n) is 8.92. The van der Waals surface area contributed by atoms with Crippen LogP contribution in [0.2, 0.25) is 0 Å². The molecule has 7 nitrogen and oxygen atoms in total. The van der Waals surface area contributed by atoms with Crippen LogP contribution in [0.25, 0.3) is 16.5 Å². The summed E-state index contributed by atoms with van der Waals surface area (Å²) in [7, 11) is 0. The van der Waals surface area contributed by atoms with Crippen LogP contribution in [-0.4, -0.2) is 26.9 Å². The van der Waals surface area contributed by atoms with E-state index in [9.17, 15) is 9.59 Å². The fraction of sp³-hybridized carbons (Fsp3) is 0.192. The van der Waals surface area contributed by atoms with Gasteiger partial charge in [-0.3, -0.25) is 10.1 Å². The van der Waals surface area contributed by atoms with Crippen LogP contribution >= 0.6 is 0 Å². The summed E-state index contributed by atoms with van der Waals surface area (Å²) in [6.07, 6.45) is -0.0917. The van der Waals surface area contributed by atoms with Gasteiger partial charge in [-0.15, -0.1) is 0 Å². The molecule has 0 radical (unpaired) electrons. The number of anilines is 2. The summed E-state index contributed by atoms with van der Waals surface area (Å²) in [4.78, 5) is 24.1. The molecule has 0 bridgehead atoms. The second-order valence-corrected chi connectivity index (χ2v) is 8.92. The number of carboxylic acids is 1. The van der Waals surface area contributed by atoms with Crippen LogP contribution in [0.5, 0.6) is 0 Å². The Kier molecular flexibility index (Phi) is 5.87. The number of carbonyl (C=O) groups is 2. The van der Waals surface area contributed by atoms with Gasteiger partial charge in [-0.1, -0.05) is 69.3 Å². The predicted molar refractivity (Wildman–Crippen MR) is 130 cm³/mol. The normalized spacial score (nSPS) is 11.4. The van der Waals surface area contributed by atoms with Crippen LogP contribution in [0, 0.1) is 0 Å². The Morgan fingerprint density at radius 1 is 0.939 bits per heavy atom. The first kappa shape index (κ1) is 22.1. The molecule has 0 aliphatic rings. The topological polar surface area (TPSA) is 96.2 Å². The maximum atomic E-state index is 12.9. The van der Waals surface area contributed by atoms with Crippen molar-refractivity contribution in [3.05, 3.63) is 84.1 Å². The number of fused-ring (bicyclic) bond motifs is 1. The van der Waals surface area contributed by atoms with Crippen LogP contribution in [0.1, 0.15) is 32.0 Å². The summed E-state index contributed by atoms with van der Waals surface area (Å²) in [5.74, 6) is -0.416. The van der Waals surface area contributed by atoms with E-state index in [-0.39, 0.29) is 11.8 Å². The van der Waals surface area contributed by atoms with E-state index < -0.39 is 12.0 Å². The predicted octanol–water partition coefficient (Wildman–Crippen LogP) is 5.59. The Hall–Kier alpha value is -4.13. The van der Waals surface area contributed by atoms with Gasteiger partial charge in [-0.05, 0) is 29.1 Å². The molecule has 2 amide bonds. The molecule has 0 aliphatic heterocycles. The molecule has 0 unspecified atom stereocenters. The highest BCUT2D eigenvalue weighted by Gasteiger charge is 2.22. The van der Waals surface area contributed by atoms with Gasteiger partial charge in [0.25, 0.3) is 0 Å². The van der Waals surface area contributed by atoms with E-state index >= 15 is 0 Å². The molecule has 4 rings (SSSR count). The molecular weight excluding hydrogens is 416 g/mol. The Morgan fingerprint density at radius 3 is 2.42 bits per heavy atom. The molecule has 168 valence electrons. The molecule has 0 aliphatic carbocycles. The van der Waals surface area contributed by atoms with Crippen molar-refractivity contribution in [1.82, 2.24) is 9.78 Å². The number of amides is 2. The average molecular weight is 443 g/mol. The number of urea groups is 1. The van der Waals surface area contributed by atoms with E-state index in [2.05, 4.69) is 10.6 Å². The van der Waals surface area contributed by atoms with Gasteiger partial charge in [0.1, 0.15) is 5.82 Å². The van der Waals surface area contributed by atoms with Gasteiger partial charge >= 0.3 is 12.0 Å². The molecule has 1 heterocycles. The van der Waals surface area contributed by atoms with E-state index in [1.165, 1.54) is 0 Å². The molecule has 4 aromatic rings. The molecular formula is C26H26N4O3. The van der Waals surface area contributed by atoms with Crippen LogP contribution < -0.4 is 10.6 Å². The Balaban J connectivity index is 1.66. The lowest BCUT2D eigenvalue weighted by molar-refractivity contribution is -0.136. The molecule has 7 heteroatoms. The molecule has 0 spiro atoms. The summed E-state index contributed by atoms with van der Waals surface area (Å²) < 4.78 is 1.63. The first-order chi connectivity index (χ1) is 15.7. The summed E-state index contributed by atoms with van der Waals surface area (Å²) in [5, 5.41) is 21.7. The Bertz CT molecular complexity index is 1330. The quantitative estimate of drug-likeness (QED) is 0.375. The Labute approximate surface area is 192 Å². The largest absolute Gasteiger partial charge is 0.481 e. The van der Waals surface area contributed by atoms with Gasteiger partial charge in [0.05, 0.1) is 23.5 Å². The van der Waals surface area contributed by atoms with Crippen molar-refractivity contribution in [2.45, 2.75) is 32.6 Å². The van der Waals surface area contributed by atoms with Gasteiger partial charge in [0.2, 0.25) is 0 Å². The molecule has 0 saturated carbocycles. The summed E-state index contributed by atoms with van der Waals surface area (Å²) in [6, 6.07) is 22.2. The van der Waals surface area contributed by atoms with Gasteiger partial charge in [-0.25, -0.2) is 9.48 Å². The summed E-state index contributed by atoms with van der Waals surface area (Å²) >= 11 is 0. The van der Waals surface area contributed by atoms with Gasteiger partial charge in [0, 0.05) is 16.9 Å². The van der Waals surface area contributed by atoms with E-state index in [1.54, 1.807) is 22.9 Å². The highest BCUT2D eigenvalue weighted by molar-refractivity contribution is 6.06. The average Bonchev–Trinajstić information content (AvgIpc) is 3.18. The smallest absolute Gasteiger partial charge is 0.324 e. The highest BCUT2D eigenvalue weighted by atomic mass is 16.4. The van der Waals surface area contributed by atoms with E-state index in [0.717, 1.165) is 16.5 Å². The summed E-state index contributed by atoms with van der Waals surface area (Å²) in [6.45, 7) is 6.13. The highest BCUT2D eigenvalue weighted by Crippen LogP contribution is 2.27. The lowest BCUT2D eigenvalue weighted by Gasteiger charge is -2.14. The maximum Gasteiger partial charge on any atom is 0.324 e. The third kappa shape index (κ3) is 5.03. The number of rotatable bonds is 5. The van der Waals surface area contributed by atoms with Crippen molar-refractivity contribution in [1.29, 1.82) is 0 Å². The molecule has 0 saturated heterocycles. The van der Waals surface area contributed by atoms with Crippen LogP contribution in [0.15, 0.2) is 72.8 Å². The SMILES string of the molecule is CC(C)(C)c1cc(NC(=O)Nc2cccc3ccccc23)n(-c2cccc(CC(=O)O)c2)n1. The third-order valence-electron chi connectivity index (χ3n) is 5.27. The number of aliphatic carboxylic acids is 1. The lowest BCUT2D eigenvalue weighted by atomic mass is 9.92. The molecule has 33 heavy (non-hydrogen) atoms. The fourth-order valence-corrected chi connectivity index (χ4v) is 3.61. The monoisotopic (exact) mass is 442 g/mol. The minimum Gasteiger partial charge on any atom is -0.481 e. The molecule has 1 aromatic heterocycles. The van der Waals surface area contributed by atoms with Gasteiger partial charge in [0.15, 0.2) is 0 Å². The fourth-order valence-electron chi connectivity index (χ4n) is 3.61. The van der Waals surface area contributed by atoms with E-state index in [4.69, 9.17) is 10.2 Å². The van der Waals surface area contributed by atoms with Crippen molar-refractivity contribution >= 4 is 34.3 Å². The van der Waals surface area contributed by atoms with Crippen LogP contribution in [0.3, 0.4) is 0 Å². The van der Waals surface area contributed by atoms with E-state index in [1.807, 2.05) is 75.4 Å². The lowest BCUT2D eigenvalue weighted by Crippen LogP contribution is -2.21. The van der Waals surface area contributed by atoms with E-state index in [0.29, 0.717) is 22.8 Å². The zero-order chi connectivity index (χ0) is 23.6. The maximum absolute atomic E-state index is 12.9.